The van der Waals surface area contributed by atoms with Crippen LogP contribution in [-0.4, -0.2) is 10.9 Å². The van der Waals surface area contributed by atoms with Gasteiger partial charge in [-0.3, -0.25) is 9.78 Å². The van der Waals surface area contributed by atoms with Crippen LogP contribution in [-0.2, 0) is 13.1 Å². The fraction of sp³-hybridized carbons (Fsp3) is 0.100. The molecule has 4 nitrogen and oxygen atoms in total. The van der Waals surface area contributed by atoms with Crippen molar-refractivity contribution in [3.63, 3.8) is 0 Å². The van der Waals surface area contributed by atoms with E-state index in [1.807, 2.05) is 48.5 Å². The summed E-state index contributed by atoms with van der Waals surface area (Å²) in [6.07, 6.45) is 3.36. The zero-order valence-electron chi connectivity index (χ0n) is 13.1. The van der Waals surface area contributed by atoms with Crippen LogP contribution in [0.3, 0.4) is 0 Å². The van der Waals surface area contributed by atoms with Crippen LogP contribution < -0.4 is 10.6 Å². The molecule has 3 aromatic rings. The van der Waals surface area contributed by atoms with Gasteiger partial charge in [0.1, 0.15) is 0 Å². The summed E-state index contributed by atoms with van der Waals surface area (Å²) in [4.78, 5) is 16.7. The Morgan fingerprint density at radius 3 is 2.62 bits per heavy atom. The molecule has 0 spiro atoms. The summed E-state index contributed by atoms with van der Waals surface area (Å²) in [6, 6.07) is 17.8. The number of amides is 1. The van der Waals surface area contributed by atoms with Gasteiger partial charge >= 0.3 is 0 Å². The van der Waals surface area contributed by atoms with E-state index in [0.717, 1.165) is 29.9 Å². The van der Waals surface area contributed by atoms with Crippen molar-refractivity contribution < 1.29 is 4.79 Å². The fourth-order valence-corrected chi connectivity index (χ4v) is 2.93. The smallest absolute Gasteiger partial charge is 0.257 e. The van der Waals surface area contributed by atoms with Crippen LogP contribution in [0.25, 0.3) is 11.1 Å². The predicted octanol–water partition coefficient (Wildman–Crippen LogP) is 3.60. The molecular weight excluding hydrogens is 298 g/mol. The van der Waals surface area contributed by atoms with Gasteiger partial charge in [0.2, 0.25) is 0 Å². The van der Waals surface area contributed by atoms with Gasteiger partial charge in [0.05, 0.1) is 5.56 Å². The zero-order chi connectivity index (χ0) is 16.4. The van der Waals surface area contributed by atoms with E-state index in [9.17, 15) is 4.79 Å². The molecule has 118 valence electrons. The molecule has 0 unspecified atom stereocenters. The molecule has 2 heterocycles. The molecule has 1 aliphatic rings. The summed E-state index contributed by atoms with van der Waals surface area (Å²) in [7, 11) is 0. The molecule has 0 atom stereocenters. The first-order valence-corrected chi connectivity index (χ1v) is 7.94. The van der Waals surface area contributed by atoms with E-state index in [4.69, 9.17) is 0 Å². The molecule has 0 fully saturated rings. The molecule has 0 saturated carbocycles. The van der Waals surface area contributed by atoms with Crippen molar-refractivity contribution in [2.24, 2.45) is 0 Å². The first-order chi connectivity index (χ1) is 11.8. The van der Waals surface area contributed by atoms with Crippen molar-refractivity contribution in [3.05, 3.63) is 83.7 Å². The Balaban J connectivity index is 1.56. The molecule has 1 amide bonds. The minimum absolute atomic E-state index is 0.147. The van der Waals surface area contributed by atoms with Gasteiger partial charge in [0, 0.05) is 36.7 Å². The maximum atomic E-state index is 12.5. The average Bonchev–Trinajstić information content (AvgIpc) is 3.10. The van der Waals surface area contributed by atoms with E-state index in [1.165, 1.54) is 11.1 Å². The number of nitrogens with zero attached hydrogens (tertiary/aromatic N) is 1. The fourth-order valence-electron chi connectivity index (χ4n) is 2.93. The Morgan fingerprint density at radius 2 is 1.75 bits per heavy atom. The summed E-state index contributed by atoms with van der Waals surface area (Å²) in [5.74, 6) is -0.147. The third-order valence-electron chi connectivity index (χ3n) is 4.20. The molecule has 1 aliphatic heterocycles. The minimum atomic E-state index is -0.147. The topological polar surface area (TPSA) is 54.0 Å². The Hall–Kier alpha value is -2.98. The van der Waals surface area contributed by atoms with Crippen molar-refractivity contribution in [3.8, 4) is 11.1 Å². The summed E-state index contributed by atoms with van der Waals surface area (Å²) in [5.41, 5.74) is 5.87. The lowest BCUT2D eigenvalue weighted by Gasteiger charge is -2.08. The van der Waals surface area contributed by atoms with Gasteiger partial charge in [0.25, 0.3) is 5.91 Å². The highest BCUT2D eigenvalue weighted by molar-refractivity contribution is 6.04. The summed E-state index contributed by atoms with van der Waals surface area (Å²) >= 11 is 0. The molecular formula is C20H17N3O. The standard InChI is InChI=1S/C20H17N3O/c24-20(23-19-7-6-15-10-21-12-17(15)9-19)18-8-16(11-22-13-18)14-4-2-1-3-5-14/h1-9,11,13,21H,10,12H2,(H,23,24). The predicted molar refractivity (Wildman–Crippen MR) is 94.6 cm³/mol. The van der Waals surface area contributed by atoms with Crippen molar-refractivity contribution in [2.45, 2.75) is 13.1 Å². The number of anilines is 1. The Labute approximate surface area is 140 Å². The second kappa shape index (κ2) is 6.26. The number of rotatable bonds is 3. The molecule has 1 aromatic heterocycles. The number of aromatic nitrogens is 1. The van der Waals surface area contributed by atoms with Crippen LogP contribution in [0.5, 0.6) is 0 Å². The maximum Gasteiger partial charge on any atom is 0.257 e. The van der Waals surface area contributed by atoms with E-state index in [1.54, 1.807) is 12.4 Å². The molecule has 24 heavy (non-hydrogen) atoms. The lowest BCUT2D eigenvalue weighted by Crippen LogP contribution is -2.12. The normalized spacial score (nSPS) is 12.7. The second-order valence-corrected chi connectivity index (χ2v) is 5.87. The molecule has 0 aliphatic carbocycles. The Bertz CT molecular complexity index is 890. The number of hydrogen-bond acceptors (Lipinski definition) is 3. The minimum Gasteiger partial charge on any atom is -0.322 e. The first kappa shape index (κ1) is 14.6. The Morgan fingerprint density at radius 1 is 0.917 bits per heavy atom. The maximum absolute atomic E-state index is 12.5. The average molecular weight is 315 g/mol. The number of carbonyl (C=O) groups excluding carboxylic acids is 1. The van der Waals surface area contributed by atoms with Gasteiger partial charge in [-0.1, -0.05) is 36.4 Å². The van der Waals surface area contributed by atoms with Crippen molar-refractivity contribution in [1.29, 1.82) is 0 Å². The monoisotopic (exact) mass is 315 g/mol. The number of carbonyl (C=O) groups is 1. The quantitative estimate of drug-likeness (QED) is 0.776. The summed E-state index contributed by atoms with van der Waals surface area (Å²) in [6.45, 7) is 1.75. The van der Waals surface area contributed by atoms with Crippen molar-refractivity contribution in [2.75, 3.05) is 5.32 Å². The number of benzene rings is 2. The molecule has 2 N–H and O–H groups in total. The first-order valence-electron chi connectivity index (χ1n) is 7.94. The van der Waals surface area contributed by atoms with Crippen LogP contribution in [0.4, 0.5) is 5.69 Å². The van der Waals surface area contributed by atoms with Gasteiger partial charge in [0.15, 0.2) is 0 Å². The van der Waals surface area contributed by atoms with Crippen molar-refractivity contribution in [1.82, 2.24) is 10.3 Å². The van der Waals surface area contributed by atoms with Crippen LogP contribution >= 0.6 is 0 Å². The number of fused-ring (bicyclic) bond motifs is 1. The molecule has 4 rings (SSSR count). The van der Waals surface area contributed by atoms with E-state index in [2.05, 4.69) is 21.7 Å². The van der Waals surface area contributed by atoms with Gasteiger partial charge in [-0.2, -0.15) is 0 Å². The van der Waals surface area contributed by atoms with Gasteiger partial charge in [-0.05, 0) is 34.9 Å². The van der Waals surface area contributed by atoms with E-state index in [-0.39, 0.29) is 5.91 Å². The Kier molecular flexibility index (Phi) is 3.81. The third-order valence-corrected chi connectivity index (χ3v) is 4.20. The van der Waals surface area contributed by atoms with E-state index >= 15 is 0 Å². The summed E-state index contributed by atoms with van der Waals surface area (Å²) < 4.78 is 0. The number of hydrogen-bond donors (Lipinski definition) is 2. The highest BCUT2D eigenvalue weighted by Crippen LogP contribution is 2.22. The highest BCUT2D eigenvalue weighted by Gasteiger charge is 2.12. The molecule has 4 heteroatoms. The largest absolute Gasteiger partial charge is 0.322 e. The van der Waals surface area contributed by atoms with Crippen LogP contribution in [0.2, 0.25) is 0 Å². The number of pyridine rings is 1. The van der Waals surface area contributed by atoms with Gasteiger partial charge in [-0.15, -0.1) is 0 Å². The SMILES string of the molecule is O=C(Nc1ccc2c(c1)CNC2)c1cncc(-c2ccccc2)c1. The highest BCUT2D eigenvalue weighted by atomic mass is 16.1. The molecule has 2 aromatic carbocycles. The second-order valence-electron chi connectivity index (χ2n) is 5.87. The van der Waals surface area contributed by atoms with Gasteiger partial charge < -0.3 is 10.6 Å². The molecule has 0 saturated heterocycles. The number of nitrogens with one attached hydrogen (secondary N) is 2. The van der Waals surface area contributed by atoms with Crippen molar-refractivity contribution >= 4 is 11.6 Å². The van der Waals surface area contributed by atoms with Gasteiger partial charge in [-0.25, -0.2) is 0 Å². The summed E-state index contributed by atoms with van der Waals surface area (Å²) in [5, 5.41) is 6.26. The molecule has 0 radical (unpaired) electrons. The third kappa shape index (κ3) is 2.92. The lowest BCUT2D eigenvalue weighted by atomic mass is 10.1. The van der Waals surface area contributed by atoms with Crippen LogP contribution in [0, 0.1) is 0 Å². The zero-order valence-corrected chi connectivity index (χ0v) is 13.1. The molecule has 0 bridgehead atoms. The van der Waals surface area contributed by atoms with Crippen LogP contribution in [0.15, 0.2) is 67.0 Å². The van der Waals surface area contributed by atoms with E-state index < -0.39 is 0 Å². The van der Waals surface area contributed by atoms with E-state index in [0.29, 0.717) is 5.56 Å². The lowest BCUT2D eigenvalue weighted by molar-refractivity contribution is 0.102. The van der Waals surface area contributed by atoms with Crippen LogP contribution in [0.1, 0.15) is 21.5 Å².